The standard InChI is InChI=1S/C22H23N3O3S/c1-3-15-8-7-9-16(4-2)21(15)25-19(26)13-28-20(27)12-17-14-29-22(24-17)18-10-5-6-11-23-18/h5-11,14H,3-4,12-13H2,1-2H3,(H,25,26). The van der Waals surface area contributed by atoms with Gasteiger partial charge in [0.15, 0.2) is 6.61 Å². The third-order valence-corrected chi connectivity index (χ3v) is 5.30. The van der Waals surface area contributed by atoms with E-state index in [1.165, 1.54) is 11.3 Å². The number of nitrogens with one attached hydrogen (secondary N) is 1. The molecule has 0 aliphatic carbocycles. The molecule has 0 spiro atoms. The van der Waals surface area contributed by atoms with Crippen molar-refractivity contribution in [1.29, 1.82) is 0 Å². The highest BCUT2D eigenvalue weighted by molar-refractivity contribution is 7.13. The van der Waals surface area contributed by atoms with Crippen LogP contribution in [0, 0.1) is 0 Å². The highest BCUT2D eigenvalue weighted by Crippen LogP contribution is 2.23. The maximum atomic E-state index is 12.3. The lowest BCUT2D eigenvalue weighted by atomic mass is 10.0. The number of nitrogens with zero attached hydrogens (tertiary/aromatic N) is 2. The van der Waals surface area contributed by atoms with Crippen LogP contribution in [0.15, 0.2) is 48.0 Å². The van der Waals surface area contributed by atoms with E-state index >= 15 is 0 Å². The summed E-state index contributed by atoms with van der Waals surface area (Å²) in [6, 6.07) is 11.6. The van der Waals surface area contributed by atoms with Crippen LogP contribution in [0.4, 0.5) is 5.69 Å². The van der Waals surface area contributed by atoms with Crippen molar-refractivity contribution < 1.29 is 14.3 Å². The van der Waals surface area contributed by atoms with Gasteiger partial charge in [-0.05, 0) is 36.1 Å². The van der Waals surface area contributed by atoms with E-state index in [1.54, 1.807) is 11.6 Å². The minimum atomic E-state index is -0.488. The van der Waals surface area contributed by atoms with Gasteiger partial charge in [0.05, 0.1) is 17.8 Å². The molecule has 7 heteroatoms. The molecule has 0 saturated heterocycles. The Hall–Kier alpha value is -3.06. The molecule has 0 fully saturated rings. The van der Waals surface area contributed by atoms with Crippen LogP contribution in [-0.2, 0) is 33.6 Å². The molecule has 29 heavy (non-hydrogen) atoms. The van der Waals surface area contributed by atoms with E-state index in [4.69, 9.17) is 4.74 Å². The highest BCUT2D eigenvalue weighted by atomic mass is 32.1. The zero-order chi connectivity index (χ0) is 20.6. The number of carbonyl (C=O) groups excluding carboxylic acids is 2. The van der Waals surface area contributed by atoms with Crippen molar-refractivity contribution in [2.75, 3.05) is 11.9 Å². The van der Waals surface area contributed by atoms with Gasteiger partial charge < -0.3 is 10.1 Å². The smallest absolute Gasteiger partial charge is 0.312 e. The summed E-state index contributed by atoms with van der Waals surface area (Å²) in [4.78, 5) is 33.1. The molecular weight excluding hydrogens is 386 g/mol. The first-order valence-corrected chi connectivity index (χ1v) is 10.4. The number of rotatable bonds is 8. The summed E-state index contributed by atoms with van der Waals surface area (Å²) in [6.07, 6.45) is 3.34. The molecule has 2 aromatic heterocycles. The summed E-state index contributed by atoms with van der Waals surface area (Å²) < 4.78 is 5.14. The molecule has 150 valence electrons. The van der Waals surface area contributed by atoms with Crippen molar-refractivity contribution in [3.8, 4) is 10.7 Å². The Bertz CT molecular complexity index is 964. The number of esters is 1. The number of aromatic nitrogens is 2. The van der Waals surface area contributed by atoms with Crippen LogP contribution < -0.4 is 5.32 Å². The first kappa shape index (κ1) is 20.7. The fraction of sp³-hybridized carbons (Fsp3) is 0.273. The summed E-state index contributed by atoms with van der Waals surface area (Å²) in [5.74, 6) is -0.834. The normalized spacial score (nSPS) is 10.6. The van der Waals surface area contributed by atoms with Gasteiger partial charge in [-0.2, -0.15) is 0 Å². The molecule has 6 nitrogen and oxygen atoms in total. The van der Waals surface area contributed by atoms with E-state index in [0.29, 0.717) is 5.69 Å². The number of amides is 1. The van der Waals surface area contributed by atoms with Crippen LogP contribution in [0.3, 0.4) is 0 Å². The fourth-order valence-electron chi connectivity index (χ4n) is 2.92. The van der Waals surface area contributed by atoms with Crippen molar-refractivity contribution in [2.24, 2.45) is 0 Å². The molecule has 0 unspecified atom stereocenters. The lowest BCUT2D eigenvalue weighted by Gasteiger charge is -2.14. The van der Waals surface area contributed by atoms with Crippen LogP contribution >= 0.6 is 11.3 Å². The number of anilines is 1. The SMILES string of the molecule is CCc1cccc(CC)c1NC(=O)COC(=O)Cc1csc(-c2ccccn2)n1. The third-order valence-electron chi connectivity index (χ3n) is 4.39. The highest BCUT2D eigenvalue weighted by Gasteiger charge is 2.14. The van der Waals surface area contributed by atoms with Crippen LogP contribution in [-0.4, -0.2) is 28.5 Å². The molecule has 1 amide bonds. The molecule has 0 aliphatic rings. The number of benzene rings is 1. The summed E-state index contributed by atoms with van der Waals surface area (Å²) in [5, 5.41) is 5.43. The van der Waals surface area contributed by atoms with Gasteiger partial charge in [0, 0.05) is 17.3 Å². The molecule has 0 bridgehead atoms. The van der Waals surface area contributed by atoms with E-state index in [9.17, 15) is 9.59 Å². The van der Waals surface area contributed by atoms with E-state index in [1.807, 2.05) is 50.2 Å². The molecule has 1 aromatic carbocycles. The lowest BCUT2D eigenvalue weighted by Crippen LogP contribution is -2.23. The molecular formula is C22H23N3O3S. The van der Waals surface area contributed by atoms with Crippen molar-refractivity contribution >= 4 is 28.9 Å². The van der Waals surface area contributed by atoms with Gasteiger partial charge in [0.1, 0.15) is 5.01 Å². The Labute approximate surface area is 174 Å². The number of pyridine rings is 1. The average Bonchev–Trinajstić information content (AvgIpc) is 3.21. The monoisotopic (exact) mass is 409 g/mol. The predicted molar refractivity (Wildman–Crippen MR) is 114 cm³/mol. The van der Waals surface area contributed by atoms with E-state index in [-0.39, 0.29) is 18.9 Å². The molecule has 3 aromatic rings. The van der Waals surface area contributed by atoms with Gasteiger partial charge >= 0.3 is 5.97 Å². The quantitative estimate of drug-likeness (QED) is 0.568. The predicted octanol–water partition coefficient (Wildman–Crippen LogP) is 4.05. The Morgan fingerprint density at radius 1 is 1.07 bits per heavy atom. The molecule has 2 heterocycles. The molecule has 0 radical (unpaired) electrons. The van der Waals surface area contributed by atoms with Gasteiger partial charge in [-0.15, -0.1) is 11.3 Å². The van der Waals surface area contributed by atoms with Crippen LogP contribution in [0.5, 0.6) is 0 Å². The molecule has 0 aliphatic heterocycles. The Morgan fingerprint density at radius 3 is 2.48 bits per heavy atom. The minimum absolute atomic E-state index is 0.0162. The van der Waals surface area contributed by atoms with E-state index in [0.717, 1.165) is 40.4 Å². The number of aryl methyl sites for hydroxylation is 2. The van der Waals surface area contributed by atoms with Gasteiger partial charge in [-0.3, -0.25) is 14.6 Å². The second-order valence-electron chi connectivity index (χ2n) is 6.40. The summed E-state index contributed by atoms with van der Waals surface area (Å²) in [5.41, 5.74) is 4.31. The van der Waals surface area contributed by atoms with Crippen molar-refractivity contribution in [2.45, 2.75) is 33.1 Å². The maximum Gasteiger partial charge on any atom is 0.312 e. The maximum absolute atomic E-state index is 12.3. The van der Waals surface area contributed by atoms with Crippen molar-refractivity contribution in [3.05, 3.63) is 64.8 Å². The van der Waals surface area contributed by atoms with E-state index in [2.05, 4.69) is 15.3 Å². The second kappa shape index (κ2) is 9.93. The number of hydrogen-bond acceptors (Lipinski definition) is 6. The number of thiazole rings is 1. The lowest BCUT2D eigenvalue weighted by molar-refractivity contribution is -0.146. The number of carbonyl (C=O) groups is 2. The molecule has 0 saturated carbocycles. The van der Waals surface area contributed by atoms with Gasteiger partial charge in [-0.1, -0.05) is 38.1 Å². The average molecular weight is 410 g/mol. The molecule has 3 rings (SSSR count). The van der Waals surface area contributed by atoms with Crippen molar-refractivity contribution in [1.82, 2.24) is 9.97 Å². The van der Waals surface area contributed by atoms with Crippen LogP contribution in [0.2, 0.25) is 0 Å². The molecule has 1 N–H and O–H groups in total. The van der Waals surface area contributed by atoms with Crippen LogP contribution in [0.1, 0.15) is 30.7 Å². The zero-order valence-electron chi connectivity index (χ0n) is 16.5. The summed E-state index contributed by atoms with van der Waals surface area (Å²) >= 11 is 1.42. The Morgan fingerprint density at radius 2 is 1.83 bits per heavy atom. The van der Waals surface area contributed by atoms with E-state index < -0.39 is 5.97 Å². The minimum Gasteiger partial charge on any atom is -0.455 e. The number of ether oxygens (including phenoxy) is 1. The second-order valence-corrected chi connectivity index (χ2v) is 7.26. The van der Waals surface area contributed by atoms with Crippen molar-refractivity contribution in [3.63, 3.8) is 0 Å². The Balaban J connectivity index is 1.54. The topological polar surface area (TPSA) is 81.2 Å². The fourth-order valence-corrected chi connectivity index (χ4v) is 3.71. The first-order valence-electron chi connectivity index (χ1n) is 9.52. The summed E-state index contributed by atoms with van der Waals surface area (Å²) in [7, 11) is 0. The van der Waals surface area contributed by atoms with Gasteiger partial charge in [0.25, 0.3) is 5.91 Å². The first-order chi connectivity index (χ1) is 14.1. The zero-order valence-corrected chi connectivity index (χ0v) is 17.3. The van der Waals surface area contributed by atoms with Gasteiger partial charge in [0.2, 0.25) is 0 Å². The molecule has 0 atom stereocenters. The number of hydrogen-bond donors (Lipinski definition) is 1. The third kappa shape index (κ3) is 5.48. The van der Waals surface area contributed by atoms with Gasteiger partial charge in [-0.25, -0.2) is 4.98 Å². The Kier molecular flexibility index (Phi) is 7.08. The number of para-hydroxylation sites is 1. The van der Waals surface area contributed by atoms with Crippen LogP contribution in [0.25, 0.3) is 10.7 Å². The summed E-state index contributed by atoms with van der Waals surface area (Å²) in [6.45, 7) is 3.76. The largest absolute Gasteiger partial charge is 0.455 e.